The molecule has 0 saturated carbocycles. The van der Waals surface area contributed by atoms with E-state index in [0.717, 1.165) is 34.0 Å². The molecule has 1 aromatic heterocycles. The fourth-order valence-corrected chi connectivity index (χ4v) is 3.94. The van der Waals surface area contributed by atoms with Crippen molar-refractivity contribution >= 4 is 18.0 Å². The van der Waals surface area contributed by atoms with Gasteiger partial charge >= 0.3 is 5.97 Å². The van der Waals surface area contributed by atoms with E-state index in [9.17, 15) is 4.79 Å². The topological polar surface area (TPSA) is 53.4 Å². The van der Waals surface area contributed by atoms with Gasteiger partial charge in [0.05, 0.1) is 24.1 Å². The zero-order valence-electron chi connectivity index (χ0n) is 15.7. The summed E-state index contributed by atoms with van der Waals surface area (Å²) in [6.07, 6.45) is 5.00. The van der Waals surface area contributed by atoms with Crippen LogP contribution in [-0.2, 0) is 13.7 Å². The maximum absolute atomic E-state index is 12.5. The summed E-state index contributed by atoms with van der Waals surface area (Å²) in [5.41, 5.74) is 2.14. The lowest BCUT2D eigenvalue weighted by atomic mass is 9.92. The van der Waals surface area contributed by atoms with Crippen LogP contribution in [0.5, 0.6) is 0 Å². The number of aryl methyl sites for hydroxylation is 1. The summed E-state index contributed by atoms with van der Waals surface area (Å²) >= 11 is 1.11. The highest BCUT2D eigenvalue weighted by atomic mass is 32.2. The van der Waals surface area contributed by atoms with Gasteiger partial charge in [0.15, 0.2) is 0 Å². The predicted octanol–water partition coefficient (Wildman–Crippen LogP) is 4.90. The first-order chi connectivity index (χ1) is 13.7. The van der Waals surface area contributed by atoms with E-state index in [1.165, 1.54) is 0 Å². The molecule has 3 aromatic rings. The lowest BCUT2D eigenvalue weighted by Gasteiger charge is -2.28. The van der Waals surface area contributed by atoms with E-state index in [1.807, 2.05) is 72.3 Å². The van der Waals surface area contributed by atoms with Crippen molar-refractivity contribution in [3.63, 3.8) is 0 Å². The number of imidazole rings is 1. The first-order valence-electron chi connectivity index (χ1n) is 9.36. The molecule has 0 N–H and O–H groups in total. The molecule has 1 aliphatic heterocycles. The number of hydrogen-bond donors (Lipinski definition) is 0. The molecule has 6 heteroatoms. The Balaban J connectivity index is 1.33. The highest BCUT2D eigenvalue weighted by Gasteiger charge is 2.30. The molecule has 0 radical (unpaired) electrons. The first-order valence-corrected chi connectivity index (χ1v) is 10.1. The third kappa shape index (κ3) is 4.29. The van der Waals surface area contributed by atoms with Gasteiger partial charge in [0.2, 0.25) is 0 Å². The summed E-state index contributed by atoms with van der Waals surface area (Å²) in [6.45, 7) is 2.53. The number of nitrogens with zero attached hydrogens (tertiary/aromatic N) is 2. The average Bonchev–Trinajstić information content (AvgIpc) is 3.19. The number of carbonyl (C=O) groups excluding carboxylic acids is 1. The molecular weight excluding hydrogens is 372 g/mol. The van der Waals surface area contributed by atoms with Crippen molar-refractivity contribution in [1.29, 1.82) is 0 Å². The Morgan fingerprint density at radius 3 is 2.68 bits per heavy atom. The molecule has 1 saturated heterocycles. The molecule has 0 spiro atoms. The first kappa shape index (κ1) is 18.8. The number of aromatic nitrogens is 2. The van der Waals surface area contributed by atoms with Gasteiger partial charge < -0.3 is 13.5 Å². The molecule has 5 nitrogen and oxygen atoms in total. The van der Waals surface area contributed by atoms with E-state index in [1.54, 1.807) is 6.20 Å². The van der Waals surface area contributed by atoms with Gasteiger partial charge in [-0.15, -0.1) is 0 Å². The number of rotatable bonds is 5. The number of carbonyl (C=O) groups is 1. The van der Waals surface area contributed by atoms with Crippen molar-refractivity contribution in [3.05, 3.63) is 78.4 Å². The minimum Gasteiger partial charge on any atom is -0.386 e. The van der Waals surface area contributed by atoms with E-state index in [2.05, 4.69) is 4.98 Å². The monoisotopic (exact) mass is 394 g/mol. The van der Waals surface area contributed by atoms with Crippen LogP contribution in [0.4, 0.5) is 0 Å². The van der Waals surface area contributed by atoms with Crippen molar-refractivity contribution in [2.24, 2.45) is 5.92 Å². The SMILES string of the molecule is Cc1nccn1-c1ccc(SOC(=O)C2CCOC(c3ccccc3)C2)cc1. The van der Waals surface area contributed by atoms with Crippen molar-refractivity contribution in [2.75, 3.05) is 6.61 Å². The van der Waals surface area contributed by atoms with Gasteiger partial charge in [-0.1, -0.05) is 30.3 Å². The smallest absolute Gasteiger partial charge is 0.321 e. The van der Waals surface area contributed by atoms with Gasteiger partial charge in [-0.05, 0) is 49.6 Å². The lowest BCUT2D eigenvalue weighted by molar-refractivity contribution is -0.143. The number of hydrogen-bond acceptors (Lipinski definition) is 5. The van der Waals surface area contributed by atoms with Crippen molar-refractivity contribution < 1.29 is 13.7 Å². The van der Waals surface area contributed by atoms with Gasteiger partial charge in [-0.2, -0.15) is 0 Å². The Kier molecular flexibility index (Phi) is 5.78. The Hall–Kier alpha value is -2.57. The van der Waals surface area contributed by atoms with Crippen LogP contribution in [-0.4, -0.2) is 22.1 Å². The quantitative estimate of drug-likeness (QED) is 0.576. The highest BCUT2D eigenvalue weighted by molar-refractivity contribution is 7.95. The Bertz CT molecular complexity index is 924. The Morgan fingerprint density at radius 2 is 1.96 bits per heavy atom. The standard InChI is InChI=1S/C22H22N2O3S/c1-16-23-12-13-24(16)19-7-9-20(10-8-19)28-27-22(25)18-11-14-26-21(15-18)17-5-3-2-4-6-17/h2-10,12-13,18,21H,11,14-15H2,1H3. The molecule has 0 bridgehead atoms. The molecule has 1 aliphatic rings. The normalized spacial score (nSPS) is 19.3. The zero-order chi connectivity index (χ0) is 19.3. The second kappa shape index (κ2) is 8.63. The average molecular weight is 394 g/mol. The second-order valence-electron chi connectivity index (χ2n) is 6.82. The highest BCUT2D eigenvalue weighted by Crippen LogP contribution is 2.33. The maximum Gasteiger partial charge on any atom is 0.321 e. The molecule has 0 aliphatic carbocycles. The minimum atomic E-state index is -0.177. The summed E-state index contributed by atoms with van der Waals surface area (Å²) in [5.74, 6) is 0.613. The maximum atomic E-state index is 12.5. The fraction of sp³-hybridized carbons (Fsp3) is 0.273. The molecular formula is C22H22N2O3S. The lowest BCUT2D eigenvalue weighted by Crippen LogP contribution is -2.26. The second-order valence-corrected chi connectivity index (χ2v) is 7.62. The third-order valence-corrected chi connectivity index (χ3v) is 5.66. The van der Waals surface area contributed by atoms with Crippen molar-refractivity contribution in [1.82, 2.24) is 9.55 Å². The Labute approximate surface area is 168 Å². The molecule has 2 heterocycles. The van der Waals surface area contributed by atoms with Gasteiger partial charge in [0.25, 0.3) is 0 Å². The molecule has 4 rings (SSSR count). The summed E-state index contributed by atoms with van der Waals surface area (Å²) in [6, 6.07) is 17.9. The van der Waals surface area contributed by atoms with E-state index < -0.39 is 0 Å². The van der Waals surface area contributed by atoms with Gasteiger partial charge in [-0.25, -0.2) is 4.98 Å². The molecule has 28 heavy (non-hydrogen) atoms. The summed E-state index contributed by atoms with van der Waals surface area (Å²) in [5, 5.41) is 0. The van der Waals surface area contributed by atoms with E-state index >= 15 is 0 Å². The van der Waals surface area contributed by atoms with Crippen LogP contribution in [0.15, 0.2) is 71.9 Å². The van der Waals surface area contributed by atoms with E-state index in [4.69, 9.17) is 8.92 Å². The largest absolute Gasteiger partial charge is 0.386 e. The van der Waals surface area contributed by atoms with Crippen molar-refractivity contribution in [2.45, 2.75) is 30.8 Å². The van der Waals surface area contributed by atoms with Crippen LogP contribution in [0.3, 0.4) is 0 Å². The van der Waals surface area contributed by atoms with Crippen LogP contribution in [0.25, 0.3) is 5.69 Å². The summed E-state index contributed by atoms with van der Waals surface area (Å²) in [4.78, 5) is 17.7. The van der Waals surface area contributed by atoms with Gasteiger partial charge in [0.1, 0.15) is 5.82 Å². The number of benzene rings is 2. The molecule has 0 amide bonds. The molecule has 144 valence electrons. The molecule has 2 unspecified atom stereocenters. The minimum absolute atomic E-state index is 0.0461. The van der Waals surface area contributed by atoms with E-state index in [-0.39, 0.29) is 18.0 Å². The zero-order valence-corrected chi connectivity index (χ0v) is 16.5. The molecule has 2 atom stereocenters. The summed E-state index contributed by atoms with van der Waals surface area (Å²) in [7, 11) is 0. The van der Waals surface area contributed by atoms with Gasteiger partial charge in [-0.3, -0.25) is 4.79 Å². The van der Waals surface area contributed by atoms with E-state index in [0.29, 0.717) is 19.4 Å². The van der Waals surface area contributed by atoms with Crippen LogP contribution >= 0.6 is 12.0 Å². The number of ether oxygens (including phenoxy) is 1. The Morgan fingerprint density at radius 1 is 1.18 bits per heavy atom. The third-order valence-electron chi connectivity index (χ3n) is 4.95. The predicted molar refractivity (Wildman–Crippen MR) is 108 cm³/mol. The van der Waals surface area contributed by atoms with Crippen LogP contribution in [0.1, 0.15) is 30.3 Å². The van der Waals surface area contributed by atoms with Crippen LogP contribution in [0, 0.1) is 12.8 Å². The molecule has 1 fully saturated rings. The van der Waals surface area contributed by atoms with Crippen molar-refractivity contribution in [3.8, 4) is 5.69 Å². The van der Waals surface area contributed by atoms with Crippen LogP contribution in [0.2, 0.25) is 0 Å². The summed E-state index contributed by atoms with van der Waals surface area (Å²) < 4.78 is 13.4. The van der Waals surface area contributed by atoms with Gasteiger partial charge in [0, 0.05) is 29.6 Å². The van der Waals surface area contributed by atoms with Crippen LogP contribution < -0.4 is 0 Å². The fourth-order valence-electron chi connectivity index (χ4n) is 3.38. The molecule has 2 aromatic carbocycles.